The summed E-state index contributed by atoms with van der Waals surface area (Å²) in [7, 11) is 1.78. The second-order valence-electron chi connectivity index (χ2n) is 4.02. The lowest BCUT2D eigenvalue weighted by molar-refractivity contribution is 0.651. The van der Waals surface area contributed by atoms with Crippen LogP contribution in [0.3, 0.4) is 0 Å². The van der Waals surface area contributed by atoms with E-state index in [-0.39, 0.29) is 12.4 Å². The molecule has 20 heavy (non-hydrogen) atoms. The molecule has 0 aliphatic rings. The number of aryl methyl sites for hydroxylation is 1. The largest absolute Gasteiger partial charge is 0.308 e. The summed E-state index contributed by atoms with van der Waals surface area (Å²) in [5, 5.41) is 17.5. The monoisotopic (exact) mass is 270 g/mol. The smallest absolute Gasteiger partial charge is 0.252 e. The quantitative estimate of drug-likeness (QED) is 0.464. The predicted octanol–water partition coefficient (Wildman–Crippen LogP) is -0.840. The van der Waals surface area contributed by atoms with Crippen molar-refractivity contribution in [3.05, 3.63) is 24.2 Å². The van der Waals surface area contributed by atoms with Gasteiger partial charge in [-0.1, -0.05) is 0 Å². The van der Waals surface area contributed by atoms with Crippen molar-refractivity contribution in [1.82, 2.24) is 34.5 Å². The van der Waals surface area contributed by atoms with Gasteiger partial charge in [-0.15, -0.1) is 5.10 Å². The number of rotatable bonds is 3. The molecule has 0 saturated heterocycles. The van der Waals surface area contributed by atoms with Crippen molar-refractivity contribution in [2.24, 2.45) is 12.9 Å². The van der Waals surface area contributed by atoms with Crippen molar-refractivity contribution in [2.75, 3.05) is 5.43 Å². The molecule has 0 spiro atoms. The molecule has 10 heteroatoms. The number of nitrogen functional groups attached to an aromatic ring is 1. The Morgan fingerprint density at radius 3 is 3.00 bits per heavy atom. The van der Waals surface area contributed by atoms with Gasteiger partial charge in [0, 0.05) is 7.05 Å². The Hall–Kier alpha value is -3.06. The van der Waals surface area contributed by atoms with Gasteiger partial charge in [-0.2, -0.15) is 10.4 Å². The number of nitrogens with one attached hydrogen (secondary N) is 1. The van der Waals surface area contributed by atoms with E-state index in [9.17, 15) is 0 Å². The zero-order chi connectivity index (χ0) is 14.1. The fourth-order valence-electron chi connectivity index (χ4n) is 1.81. The molecular formula is C10H10N10. The van der Waals surface area contributed by atoms with Gasteiger partial charge in [0.2, 0.25) is 0 Å². The van der Waals surface area contributed by atoms with E-state index in [2.05, 4.69) is 30.6 Å². The fraction of sp³-hybridized carbons (Fsp3) is 0.200. The van der Waals surface area contributed by atoms with E-state index < -0.39 is 0 Å². The Labute approximate surface area is 112 Å². The molecule has 3 rings (SSSR count). The molecule has 10 nitrogen and oxygen atoms in total. The maximum atomic E-state index is 8.69. The molecule has 0 radical (unpaired) electrons. The van der Waals surface area contributed by atoms with Crippen LogP contribution in [0.25, 0.3) is 11.0 Å². The number of nitrogens with two attached hydrogens (primary N) is 1. The molecule has 0 aliphatic carbocycles. The van der Waals surface area contributed by atoms with Crippen molar-refractivity contribution in [2.45, 2.75) is 6.54 Å². The third-order valence-electron chi connectivity index (χ3n) is 2.72. The molecule has 0 unspecified atom stereocenters. The molecule has 0 saturated carbocycles. The second-order valence-corrected chi connectivity index (χ2v) is 4.02. The number of hydrogen-bond donors (Lipinski definition) is 2. The Bertz CT molecular complexity index is 807. The molecule has 3 aromatic rings. The first kappa shape index (κ1) is 12.0. The standard InChI is InChI=1S/C10H10N10/c1-19-10-6(3-14-19)9(17-12)15-8(16-10)4-20-5-13-7(2-11)18-20/h3,5H,4,12H2,1H3,(H,15,16,17). The van der Waals surface area contributed by atoms with Gasteiger partial charge in [-0.3, -0.25) is 4.68 Å². The average Bonchev–Trinajstić information content (AvgIpc) is 3.06. The van der Waals surface area contributed by atoms with Gasteiger partial charge in [-0.05, 0) is 0 Å². The summed E-state index contributed by atoms with van der Waals surface area (Å²) in [4.78, 5) is 12.5. The zero-order valence-corrected chi connectivity index (χ0v) is 10.5. The SMILES string of the molecule is Cn1ncc2c(NN)nc(Cn3cnc(C#N)n3)nc21. The Kier molecular flexibility index (Phi) is 2.73. The maximum Gasteiger partial charge on any atom is 0.252 e. The lowest BCUT2D eigenvalue weighted by Gasteiger charge is -2.05. The van der Waals surface area contributed by atoms with E-state index >= 15 is 0 Å². The molecule has 0 amide bonds. The lowest BCUT2D eigenvalue weighted by atomic mass is 10.4. The third kappa shape index (κ3) is 1.91. The van der Waals surface area contributed by atoms with Crippen molar-refractivity contribution in [1.29, 1.82) is 5.26 Å². The van der Waals surface area contributed by atoms with E-state index in [0.717, 1.165) is 5.39 Å². The number of nitriles is 1. The number of hydrogen-bond acceptors (Lipinski definition) is 8. The van der Waals surface area contributed by atoms with Crippen LogP contribution in [0.15, 0.2) is 12.5 Å². The number of fused-ring (bicyclic) bond motifs is 1. The van der Waals surface area contributed by atoms with Crippen molar-refractivity contribution < 1.29 is 0 Å². The summed E-state index contributed by atoms with van der Waals surface area (Å²) in [5.41, 5.74) is 3.18. The molecule has 3 heterocycles. The van der Waals surface area contributed by atoms with E-state index in [1.165, 1.54) is 11.0 Å². The van der Waals surface area contributed by atoms with Crippen LogP contribution in [0.2, 0.25) is 0 Å². The normalized spacial score (nSPS) is 10.7. The van der Waals surface area contributed by atoms with E-state index in [4.69, 9.17) is 11.1 Å². The summed E-state index contributed by atoms with van der Waals surface area (Å²) in [6, 6.07) is 1.86. The van der Waals surface area contributed by atoms with Gasteiger partial charge in [0.05, 0.1) is 11.6 Å². The molecule has 0 atom stereocenters. The topological polar surface area (TPSA) is 136 Å². The molecule has 0 bridgehead atoms. The van der Waals surface area contributed by atoms with Crippen molar-refractivity contribution >= 4 is 16.9 Å². The minimum Gasteiger partial charge on any atom is -0.308 e. The Morgan fingerprint density at radius 1 is 1.45 bits per heavy atom. The van der Waals surface area contributed by atoms with E-state index in [1.54, 1.807) is 17.9 Å². The summed E-state index contributed by atoms with van der Waals surface area (Å²) >= 11 is 0. The lowest BCUT2D eigenvalue weighted by Crippen LogP contribution is -2.13. The zero-order valence-electron chi connectivity index (χ0n) is 10.5. The van der Waals surface area contributed by atoms with Gasteiger partial charge >= 0.3 is 0 Å². The summed E-state index contributed by atoms with van der Waals surface area (Å²) in [6.07, 6.45) is 3.09. The van der Waals surface area contributed by atoms with Gasteiger partial charge in [0.15, 0.2) is 17.3 Å². The fourth-order valence-corrected chi connectivity index (χ4v) is 1.81. The summed E-state index contributed by atoms with van der Waals surface area (Å²) in [5.74, 6) is 6.53. The highest BCUT2D eigenvalue weighted by Crippen LogP contribution is 2.18. The van der Waals surface area contributed by atoms with Crippen LogP contribution < -0.4 is 11.3 Å². The molecule has 0 aliphatic heterocycles. The molecule has 3 N–H and O–H groups in total. The highest BCUT2D eigenvalue weighted by Gasteiger charge is 2.11. The van der Waals surface area contributed by atoms with Gasteiger partial charge in [0.25, 0.3) is 5.82 Å². The predicted molar refractivity (Wildman–Crippen MR) is 68.0 cm³/mol. The molecule has 100 valence electrons. The van der Waals surface area contributed by atoms with E-state index in [0.29, 0.717) is 17.3 Å². The van der Waals surface area contributed by atoms with Crippen LogP contribution in [-0.2, 0) is 13.6 Å². The summed E-state index contributed by atoms with van der Waals surface area (Å²) in [6.45, 7) is 0.282. The highest BCUT2D eigenvalue weighted by molar-refractivity contribution is 5.86. The number of aromatic nitrogens is 7. The molecule has 0 aromatic carbocycles. The van der Waals surface area contributed by atoms with Crippen LogP contribution in [0.5, 0.6) is 0 Å². The first-order valence-corrected chi connectivity index (χ1v) is 5.66. The third-order valence-corrected chi connectivity index (χ3v) is 2.72. The van der Waals surface area contributed by atoms with Gasteiger partial charge < -0.3 is 5.43 Å². The summed E-state index contributed by atoms with van der Waals surface area (Å²) < 4.78 is 3.11. The van der Waals surface area contributed by atoms with Gasteiger partial charge in [0.1, 0.15) is 18.9 Å². The Balaban J connectivity index is 2.03. The van der Waals surface area contributed by atoms with Crippen LogP contribution in [0.1, 0.15) is 11.6 Å². The second kappa shape index (κ2) is 4.56. The minimum atomic E-state index is 0.101. The number of nitrogens with zero attached hydrogens (tertiary/aromatic N) is 8. The van der Waals surface area contributed by atoms with E-state index in [1.807, 2.05) is 6.07 Å². The first-order valence-electron chi connectivity index (χ1n) is 5.66. The van der Waals surface area contributed by atoms with Crippen LogP contribution in [-0.4, -0.2) is 34.5 Å². The average molecular weight is 270 g/mol. The molecule has 3 aromatic heterocycles. The minimum absolute atomic E-state index is 0.101. The van der Waals surface area contributed by atoms with Crippen molar-refractivity contribution in [3.8, 4) is 6.07 Å². The first-order chi connectivity index (χ1) is 9.71. The maximum absolute atomic E-state index is 8.69. The number of anilines is 1. The number of hydrazine groups is 1. The van der Waals surface area contributed by atoms with Crippen LogP contribution >= 0.6 is 0 Å². The highest BCUT2D eigenvalue weighted by atomic mass is 15.3. The molecular weight excluding hydrogens is 260 g/mol. The Morgan fingerprint density at radius 2 is 2.30 bits per heavy atom. The van der Waals surface area contributed by atoms with Crippen LogP contribution in [0, 0.1) is 11.3 Å². The molecule has 0 fully saturated rings. The van der Waals surface area contributed by atoms with Crippen LogP contribution in [0.4, 0.5) is 5.82 Å². The van der Waals surface area contributed by atoms with Gasteiger partial charge in [-0.25, -0.2) is 25.5 Å². The van der Waals surface area contributed by atoms with Crippen molar-refractivity contribution in [3.63, 3.8) is 0 Å².